The first-order valence-corrected chi connectivity index (χ1v) is 11.8. The minimum atomic E-state index is -0.110. The van der Waals surface area contributed by atoms with Crippen molar-refractivity contribution in [2.45, 2.75) is 19.5 Å². The van der Waals surface area contributed by atoms with Crippen molar-refractivity contribution in [2.24, 2.45) is 0 Å². The normalized spacial score (nSPS) is 15.8. The molecule has 1 atom stereocenters. The molecule has 0 radical (unpaired) electrons. The molecule has 6 heteroatoms. The Hall–Kier alpha value is -2.98. The van der Waals surface area contributed by atoms with Gasteiger partial charge in [0.1, 0.15) is 0 Å². The summed E-state index contributed by atoms with van der Waals surface area (Å²) in [6, 6.07) is 22.3. The van der Waals surface area contributed by atoms with Gasteiger partial charge in [0.05, 0.1) is 24.2 Å². The van der Waals surface area contributed by atoms with E-state index < -0.39 is 0 Å². The number of nitrogens with zero attached hydrogens (tertiary/aromatic N) is 3. The van der Waals surface area contributed by atoms with Crippen LogP contribution in [0.3, 0.4) is 0 Å². The second-order valence-corrected chi connectivity index (χ2v) is 9.27. The van der Waals surface area contributed by atoms with Gasteiger partial charge in [-0.1, -0.05) is 48.0 Å². The molecule has 2 aromatic carbocycles. The maximum atomic E-state index is 12.9. The highest BCUT2D eigenvalue weighted by molar-refractivity contribution is 7.10. The number of rotatable bonds is 7. The largest absolute Gasteiger partial charge is 0.343 e. The standard InChI is InChI=1S/C26H28N4OS/c1-20-4-10-23(11-5-20)26(24-3-2-16-32-24)28-25(31)19-30-14-12-29(13-15-30)18-22-8-6-21(17-27)7-9-22/h2-11,16,26H,12-15,18-19H2,1H3,(H,28,31). The third-order valence-electron chi connectivity index (χ3n) is 5.87. The molecule has 5 nitrogen and oxygen atoms in total. The minimum Gasteiger partial charge on any atom is -0.343 e. The molecule has 32 heavy (non-hydrogen) atoms. The molecule has 4 rings (SSSR count). The van der Waals surface area contributed by atoms with Crippen LogP contribution in [0.5, 0.6) is 0 Å². The Kier molecular flexibility index (Phi) is 7.33. The van der Waals surface area contributed by atoms with Crippen molar-refractivity contribution in [2.75, 3.05) is 32.7 Å². The van der Waals surface area contributed by atoms with Gasteiger partial charge in [0.15, 0.2) is 0 Å². The van der Waals surface area contributed by atoms with E-state index in [-0.39, 0.29) is 11.9 Å². The van der Waals surface area contributed by atoms with E-state index in [4.69, 9.17) is 5.26 Å². The zero-order valence-corrected chi connectivity index (χ0v) is 19.1. The monoisotopic (exact) mass is 444 g/mol. The summed E-state index contributed by atoms with van der Waals surface area (Å²) in [7, 11) is 0. The molecule has 1 aliphatic heterocycles. The van der Waals surface area contributed by atoms with Gasteiger partial charge in [-0.05, 0) is 41.6 Å². The van der Waals surface area contributed by atoms with Crippen molar-refractivity contribution in [3.8, 4) is 6.07 Å². The summed E-state index contributed by atoms with van der Waals surface area (Å²) in [6.07, 6.45) is 0. The van der Waals surface area contributed by atoms with E-state index in [0.717, 1.165) is 43.2 Å². The van der Waals surface area contributed by atoms with E-state index >= 15 is 0 Å². The molecule has 1 unspecified atom stereocenters. The number of hydrogen-bond acceptors (Lipinski definition) is 5. The molecular weight excluding hydrogens is 416 g/mol. The lowest BCUT2D eigenvalue weighted by Crippen LogP contribution is -2.49. The number of carbonyl (C=O) groups excluding carboxylic acids is 1. The first kappa shape index (κ1) is 22.2. The number of aryl methyl sites for hydroxylation is 1. The maximum absolute atomic E-state index is 12.9. The lowest BCUT2D eigenvalue weighted by Gasteiger charge is -2.34. The van der Waals surface area contributed by atoms with Gasteiger partial charge in [-0.3, -0.25) is 14.6 Å². The van der Waals surface area contributed by atoms with Crippen molar-refractivity contribution in [1.29, 1.82) is 5.26 Å². The van der Waals surface area contributed by atoms with Crippen LogP contribution >= 0.6 is 11.3 Å². The molecule has 1 aromatic heterocycles. The Labute approximate surface area is 193 Å². The number of nitrogens with one attached hydrogen (secondary N) is 1. The van der Waals surface area contributed by atoms with Gasteiger partial charge >= 0.3 is 0 Å². The average Bonchev–Trinajstić information content (AvgIpc) is 3.35. The summed E-state index contributed by atoms with van der Waals surface area (Å²) in [4.78, 5) is 18.7. The number of thiophene rings is 1. The molecule has 1 amide bonds. The molecule has 1 fully saturated rings. The predicted octanol–water partition coefficient (Wildman–Crippen LogP) is 3.95. The van der Waals surface area contributed by atoms with E-state index in [0.29, 0.717) is 12.1 Å². The summed E-state index contributed by atoms with van der Waals surface area (Å²) >= 11 is 1.67. The van der Waals surface area contributed by atoms with Crippen LogP contribution in [0.2, 0.25) is 0 Å². The van der Waals surface area contributed by atoms with Crippen LogP contribution in [0.4, 0.5) is 0 Å². The highest BCUT2D eigenvalue weighted by atomic mass is 32.1. The lowest BCUT2D eigenvalue weighted by atomic mass is 10.0. The van der Waals surface area contributed by atoms with Gasteiger partial charge < -0.3 is 5.32 Å². The molecule has 1 N–H and O–H groups in total. The summed E-state index contributed by atoms with van der Waals surface area (Å²) in [6.45, 7) is 6.97. The van der Waals surface area contributed by atoms with Crippen LogP contribution in [0.15, 0.2) is 66.0 Å². The summed E-state index contributed by atoms with van der Waals surface area (Å²) < 4.78 is 0. The van der Waals surface area contributed by atoms with Gasteiger partial charge in [0, 0.05) is 37.6 Å². The molecule has 2 heterocycles. The number of benzene rings is 2. The summed E-state index contributed by atoms with van der Waals surface area (Å²) in [5, 5.41) is 14.2. The topological polar surface area (TPSA) is 59.4 Å². The highest BCUT2D eigenvalue weighted by Crippen LogP contribution is 2.26. The van der Waals surface area contributed by atoms with Gasteiger partial charge in [-0.15, -0.1) is 11.3 Å². The van der Waals surface area contributed by atoms with Gasteiger partial charge in [0.2, 0.25) is 5.91 Å². The summed E-state index contributed by atoms with van der Waals surface area (Å²) in [5.74, 6) is 0.0597. The van der Waals surface area contributed by atoms with Gasteiger partial charge in [0.25, 0.3) is 0 Å². The lowest BCUT2D eigenvalue weighted by molar-refractivity contribution is -0.123. The predicted molar refractivity (Wildman–Crippen MR) is 128 cm³/mol. The molecular formula is C26H28N4OS. The molecule has 1 saturated heterocycles. The first-order chi connectivity index (χ1) is 15.6. The Balaban J connectivity index is 1.30. The Bertz CT molecular complexity index is 1050. The van der Waals surface area contributed by atoms with Crippen LogP contribution in [0.25, 0.3) is 0 Å². The highest BCUT2D eigenvalue weighted by Gasteiger charge is 2.22. The second-order valence-electron chi connectivity index (χ2n) is 8.29. The van der Waals surface area contributed by atoms with Crippen molar-refractivity contribution in [3.05, 3.63) is 93.2 Å². The van der Waals surface area contributed by atoms with Crippen molar-refractivity contribution < 1.29 is 4.79 Å². The SMILES string of the molecule is Cc1ccc(C(NC(=O)CN2CCN(Cc3ccc(C#N)cc3)CC2)c2cccs2)cc1. The number of nitriles is 1. The van der Waals surface area contributed by atoms with Crippen LogP contribution in [0, 0.1) is 18.3 Å². The zero-order chi connectivity index (χ0) is 22.3. The molecule has 164 valence electrons. The zero-order valence-electron chi connectivity index (χ0n) is 18.3. The third-order valence-corrected chi connectivity index (χ3v) is 6.80. The van der Waals surface area contributed by atoms with E-state index in [1.807, 2.05) is 30.3 Å². The van der Waals surface area contributed by atoms with Crippen molar-refractivity contribution >= 4 is 17.2 Å². The molecule has 1 aliphatic rings. The van der Waals surface area contributed by atoms with Crippen molar-refractivity contribution in [1.82, 2.24) is 15.1 Å². The Morgan fingerprint density at radius 3 is 2.34 bits per heavy atom. The van der Waals surface area contributed by atoms with Gasteiger partial charge in [-0.2, -0.15) is 5.26 Å². The molecule has 0 aliphatic carbocycles. The van der Waals surface area contributed by atoms with Gasteiger partial charge in [-0.25, -0.2) is 0 Å². The first-order valence-electron chi connectivity index (χ1n) is 10.9. The molecule has 0 saturated carbocycles. The minimum absolute atomic E-state index is 0.0597. The number of piperazine rings is 1. The van der Waals surface area contributed by atoms with Crippen molar-refractivity contribution in [3.63, 3.8) is 0 Å². The van der Waals surface area contributed by atoms with E-state index in [1.165, 1.54) is 11.1 Å². The van der Waals surface area contributed by atoms with Crippen LogP contribution in [-0.2, 0) is 11.3 Å². The Morgan fingerprint density at radius 2 is 1.72 bits per heavy atom. The summed E-state index contributed by atoms with van der Waals surface area (Å²) in [5.41, 5.74) is 4.23. The average molecular weight is 445 g/mol. The number of carbonyl (C=O) groups is 1. The van der Waals surface area contributed by atoms with Crippen LogP contribution < -0.4 is 5.32 Å². The van der Waals surface area contributed by atoms with Crippen LogP contribution in [-0.4, -0.2) is 48.4 Å². The smallest absolute Gasteiger partial charge is 0.234 e. The third kappa shape index (κ3) is 5.83. The van der Waals surface area contributed by atoms with E-state index in [1.54, 1.807) is 11.3 Å². The van der Waals surface area contributed by atoms with E-state index in [2.05, 4.69) is 63.8 Å². The fraction of sp³-hybridized carbons (Fsp3) is 0.308. The molecule has 0 bridgehead atoms. The number of hydrogen-bond donors (Lipinski definition) is 1. The van der Waals surface area contributed by atoms with E-state index in [9.17, 15) is 4.79 Å². The van der Waals surface area contributed by atoms with Crippen LogP contribution in [0.1, 0.15) is 33.2 Å². The second kappa shape index (κ2) is 10.6. The fourth-order valence-corrected chi connectivity index (χ4v) is 4.79. The fourth-order valence-electron chi connectivity index (χ4n) is 3.99. The number of amides is 1. The molecule has 3 aromatic rings. The quantitative estimate of drug-likeness (QED) is 0.599. The maximum Gasteiger partial charge on any atom is 0.234 e. The Morgan fingerprint density at radius 1 is 1.03 bits per heavy atom. The molecule has 0 spiro atoms.